The molecule has 0 saturated carbocycles. The number of hydrogen-bond acceptors (Lipinski definition) is 2. The van der Waals surface area contributed by atoms with Gasteiger partial charge in [0.05, 0.1) is 5.56 Å². The predicted octanol–water partition coefficient (Wildman–Crippen LogP) is 6.34. The topological polar surface area (TPSA) is 9.23 Å². The maximum atomic E-state index is 12.5. The van der Waals surface area contributed by atoms with E-state index in [0.717, 1.165) is 45.9 Å². The summed E-state index contributed by atoms with van der Waals surface area (Å²) in [6, 6.07) is 11.0. The van der Waals surface area contributed by atoms with Gasteiger partial charge in [-0.25, -0.2) is 0 Å². The van der Waals surface area contributed by atoms with Crippen molar-refractivity contribution < 1.29 is 17.9 Å². The Morgan fingerprint density at radius 2 is 1.84 bits per heavy atom. The van der Waals surface area contributed by atoms with Gasteiger partial charge in [0, 0.05) is 10.6 Å². The second-order valence-corrected chi connectivity index (χ2v) is 6.83. The number of hydrogen-bond donors (Lipinski definition) is 0. The number of ether oxygens (including phenoxy) is 1. The average Bonchev–Trinajstić information content (AvgIpc) is 2.58. The van der Waals surface area contributed by atoms with Crippen LogP contribution in [0.15, 0.2) is 59.5 Å². The van der Waals surface area contributed by atoms with Gasteiger partial charge in [-0.05, 0) is 61.2 Å². The van der Waals surface area contributed by atoms with E-state index in [1.165, 1.54) is 12.1 Å². The van der Waals surface area contributed by atoms with Gasteiger partial charge in [-0.2, -0.15) is 13.2 Å². The lowest BCUT2D eigenvalue weighted by Gasteiger charge is -2.10. The van der Waals surface area contributed by atoms with Gasteiger partial charge in [0.1, 0.15) is 5.75 Å². The van der Waals surface area contributed by atoms with Gasteiger partial charge in [-0.15, -0.1) is 11.8 Å². The van der Waals surface area contributed by atoms with Gasteiger partial charge in [-0.3, -0.25) is 0 Å². The molecule has 0 amide bonds. The summed E-state index contributed by atoms with van der Waals surface area (Å²) in [5, 5.41) is 0. The summed E-state index contributed by atoms with van der Waals surface area (Å²) >= 11 is 1.66. The van der Waals surface area contributed by atoms with Gasteiger partial charge < -0.3 is 4.74 Å². The number of rotatable bonds is 7. The molecular formula is C20H19F3OS. The molecule has 0 spiro atoms. The van der Waals surface area contributed by atoms with Crippen LogP contribution in [0.3, 0.4) is 0 Å². The van der Waals surface area contributed by atoms with E-state index in [0.29, 0.717) is 12.2 Å². The Bertz CT molecular complexity index is 721. The molecule has 0 aliphatic rings. The molecule has 0 saturated heterocycles. The van der Waals surface area contributed by atoms with E-state index in [9.17, 15) is 13.2 Å². The fourth-order valence-electron chi connectivity index (χ4n) is 2.28. The second-order valence-electron chi connectivity index (χ2n) is 5.78. The van der Waals surface area contributed by atoms with E-state index in [4.69, 9.17) is 11.8 Å². The molecule has 0 N–H and O–H groups in total. The first-order valence-electron chi connectivity index (χ1n) is 7.72. The molecule has 1 nitrogen and oxygen atoms in total. The van der Waals surface area contributed by atoms with Crippen LogP contribution in [0.1, 0.15) is 23.1 Å². The molecule has 0 atom stereocenters. The zero-order valence-electron chi connectivity index (χ0n) is 13.9. The third kappa shape index (κ3) is 5.85. The van der Waals surface area contributed by atoms with Gasteiger partial charge >= 0.3 is 6.18 Å². The van der Waals surface area contributed by atoms with Crippen molar-refractivity contribution >= 4 is 11.8 Å². The summed E-state index contributed by atoms with van der Waals surface area (Å²) in [6.07, 6.45) is -2.88. The highest BCUT2D eigenvalue weighted by atomic mass is 32.2. The first-order valence-corrected chi connectivity index (χ1v) is 8.71. The Morgan fingerprint density at radius 1 is 1.16 bits per heavy atom. The summed E-state index contributed by atoms with van der Waals surface area (Å²) < 4.78 is 42.4. The average molecular weight is 364 g/mol. The van der Waals surface area contributed by atoms with Crippen molar-refractivity contribution in [2.24, 2.45) is 0 Å². The number of benzene rings is 2. The highest BCUT2D eigenvalue weighted by Gasteiger charge is 2.29. The molecule has 25 heavy (non-hydrogen) atoms. The fourth-order valence-corrected chi connectivity index (χ4v) is 3.22. The van der Waals surface area contributed by atoms with Crippen LogP contribution in [-0.2, 0) is 12.6 Å². The molecule has 0 heterocycles. The zero-order valence-corrected chi connectivity index (χ0v) is 14.7. The maximum absolute atomic E-state index is 12.5. The highest BCUT2D eigenvalue weighted by molar-refractivity contribution is 7.99. The van der Waals surface area contributed by atoms with Crippen LogP contribution in [0.5, 0.6) is 5.75 Å². The Kier molecular flexibility index (Phi) is 6.59. The van der Waals surface area contributed by atoms with Crippen LogP contribution >= 0.6 is 11.8 Å². The quantitative estimate of drug-likeness (QED) is 0.419. The standard InChI is InChI=1S/C20H19F3OS/c1-14(13-25-18-10-11-19(24-3)15(2)12-18)4-5-16-6-8-17(9-7-16)20(21,22)23/h3,6-12H,1,4-5,13H2,2H3. The van der Waals surface area contributed by atoms with Crippen LogP contribution in [0.25, 0.3) is 0 Å². The first-order chi connectivity index (χ1) is 11.8. The van der Waals surface area contributed by atoms with E-state index < -0.39 is 11.7 Å². The van der Waals surface area contributed by atoms with Gasteiger partial charge in [0.25, 0.3) is 0 Å². The number of aryl methyl sites for hydroxylation is 2. The van der Waals surface area contributed by atoms with Crippen molar-refractivity contribution in [2.75, 3.05) is 5.75 Å². The molecule has 0 fully saturated rings. The summed E-state index contributed by atoms with van der Waals surface area (Å²) in [5.41, 5.74) is 2.26. The van der Waals surface area contributed by atoms with Crippen LogP contribution < -0.4 is 4.74 Å². The molecule has 2 rings (SSSR count). The van der Waals surface area contributed by atoms with Crippen LogP contribution in [0.2, 0.25) is 0 Å². The van der Waals surface area contributed by atoms with E-state index >= 15 is 0 Å². The molecule has 132 valence electrons. The van der Waals surface area contributed by atoms with Crippen molar-refractivity contribution in [3.8, 4) is 5.75 Å². The van der Waals surface area contributed by atoms with Crippen LogP contribution in [-0.4, -0.2) is 5.75 Å². The molecule has 2 radical (unpaired) electrons. The van der Waals surface area contributed by atoms with Crippen molar-refractivity contribution in [3.05, 3.63) is 78.4 Å². The molecule has 0 aliphatic heterocycles. The van der Waals surface area contributed by atoms with Crippen LogP contribution in [0.4, 0.5) is 13.2 Å². The SMILES string of the molecule is [CH]Oc1ccc(SCC(=C)CCc2ccc(C(F)(F)F)cc2)cc1C. The van der Waals surface area contributed by atoms with Crippen molar-refractivity contribution in [3.63, 3.8) is 0 Å². The Hall–Kier alpha value is -1.88. The lowest BCUT2D eigenvalue weighted by Crippen LogP contribution is -2.04. The molecule has 0 bridgehead atoms. The lowest BCUT2D eigenvalue weighted by atomic mass is 10.0. The van der Waals surface area contributed by atoms with Crippen molar-refractivity contribution in [2.45, 2.75) is 30.8 Å². The highest BCUT2D eigenvalue weighted by Crippen LogP contribution is 2.30. The van der Waals surface area contributed by atoms with Gasteiger partial charge in [-0.1, -0.05) is 24.3 Å². The molecule has 2 aromatic rings. The first kappa shape index (κ1) is 19.4. The predicted molar refractivity (Wildman–Crippen MR) is 95.7 cm³/mol. The third-order valence-corrected chi connectivity index (χ3v) is 4.90. The molecule has 0 aromatic heterocycles. The molecule has 0 aliphatic carbocycles. The minimum Gasteiger partial charge on any atom is -0.482 e. The minimum atomic E-state index is -4.29. The zero-order chi connectivity index (χ0) is 18.4. The normalized spacial score (nSPS) is 11.4. The Balaban J connectivity index is 1.82. The summed E-state index contributed by atoms with van der Waals surface area (Å²) in [7, 11) is 5.17. The molecule has 2 aromatic carbocycles. The van der Waals surface area contributed by atoms with Crippen molar-refractivity contribution in [1.82, 2.24) is 0 Å². The molecular weight excluding hydrogens is 345 g/mol. The fraction of sp³-hybridized carbons (Fsp3) is 0.250. The summed E-state index contributed by atoms with van der Waals surface area (Å²) in [6.45, 7) is 5.97. The number of halogens is 3. The lowest BCUT2D eigenvalue weighted by molar-refractivity contribution is -0.137. The maximum Gasteiger partial charge on any atom is 0.416 e. The largest absolute Gasteiger partial charge is 0.482 e. The van der Waals surface area contributed by atoms with Crippen molar-refractivity contribution in [1.29, 1.82) is 0 Å². The molecule has 0 unspecified atom stereocenters. The summed E-state index contributed by atoms with van der Waals surface area (Å²) in [5.74, 6) is 1.40. The van der Waals surface area contributed by atoms with Crippen LogP contribution in [0, 0.1) is 14.0 Å². The smallest absolute Gasteiger partial charge is 0.416 e. The monoisotopic (exact) mass is 364 g/mol. The summed E-state index contributed by atoms with van der Waals surface area (Å²) in [4.78, 5) is 1.09. The number of alkyl halides is 3. The van der Waals surface area contributed by atoms with Gasteiger partial charge in [0.15, 0.2) is 7.11 Å². The van der Waals surface area contributed by atoms with E-state index in [2.05, 4.69) is 6.58 Å². The Morgan fingerprint density at radius 3 is 2.40 bits per heavy atom. The Labute approximate surface area is 150 Å². The van der Waals surface area contributed by atoms with E-state index in [-0.39, 0.29) is 0 Å². The van der Waals surface area contributed by atoms with E-state index in [1.54, 1.807) is 11.8 Å². The minimum absolute atomic E-state index is 0.620. The molecule has 5 heteroatoms. The number of thioether (sulfide) groups is 1. The second kappa shape index (κ2) is 8.48. The van der Waals surface area contributed by atoms with E-state index in [1.807, 2.05) is 25.1 Å². The third-order valence-electron chi connectivity index (χ3n) is 3.76. The van der Waals surface area contributed by atoms with Gasteiger partial charge in [0.2, 0.25) is 0 Å².